The van der Waals surface area contributed by atoms with E-state index in [0.29, 0.717) is 19.8 Å². The molecule has 0 unspecified atom stereocenters. The van der Waals surface area contributed by atoms with Gasteiger partial charge in [0.25, 0.3) is 0 Å². The van der Waals surface area contributed by atoms with E-state index in [4.69, 9.17) is 23.8 Å². The third-order valence-electron chi connectivity index (χ3n) is 3.20. The van der Waals surface area contributed by atoms with Crippen molar-refractivity contribution in [1.29, 1.82) is 0 Å². The van der Waals surface area contributed by atoms with Crippen molar-refractivity contribution < 1.29 is 4.39 Å². The van der Waals surface area contributed by atoms with Gasteiger partial charge < -0.3 is 4.98 Å². The average molecular weight is 372 g/mol. The maximum absolute atomic E-state index is 13.8. The summed E-state index contributed by atoms with van der Waals surface area (Å²) in [7, 11) is 0. The normalized spacial score (nSPS) is 11.2. The first-order valence-electron chi connectivity index (χ1n) is 5.84. The van der Waals surface area contributed by atoms with E-state index < -0.39 is 0 Å². The molecule has 102 valence electrons. The lowest BCUT2D eigenvalue weighted by Gasteiger charge is -2.09. The number of halogens is 3. The number of H-pyrrole nitrogens is 1. The van der Waals surface area contributed by atoms with Crippen LogP contribution in [-0.2, 0) is 0 Å². The smallest absolute Gasteiger partial charge is 0.182 e. The lowest BCUT2D eigenvalue weighted by atomic mass is 10.2. The second-order valence-electron chi connectivity index (χ2n) is 4.43. The van der Waals surface area contributed by atoms with E-state index >= 15 is 0 Å². The maximum Gasteiger partial charge on any atom is 0.182 e. The summed E-state index contributed by atoms with van der Waals surface area (Å²) in [4.78, 5) is 3.08. The Morgan fingerprint density at radius 3 is 2.85 bits per heavy atom. The number of imidazole rings is 1. The summed E-state index contributed by atoms with van der Waals surface area (Å²) in [5, 5.41) is 0.649. The highest BCUT2D eigenvalue weighted by atomic mass is 79.9. The van der Waals surface area contributed by atoms with Crippen LogP contribution in [0.4, 0.5) is 4.39 Å². The Kier molecular flexibility index (Phi) is 3.44. The topological polar surface area (TPSA) is 20.7 Å². The lowest BCUT2D eigenvalue weighted by molar-refractivity contribution is 0.622. The predicted octanol–water partition coefficient (Wildman–Crippen LogP) is 5.55. The maximum atomic E-state index is 13.8. The molecule has 0 atom stereocenters. The summed E-state index contributed by atoms with van der Waals surface area (Å²) in [5.41, 5.74) is 3.19. The highest BCUT2D eigenvalue weighted by molar-refractivity contribution is 9.10. The Balaban J connectivity index is 2.42. The molecule has 3 rings (SSSR count). The van der Waals surface area contributed by atoms with Crippen molar-refractivity contribution >= 4 is 50.8 Å². The van der Waals surface area contributed by atoms with Crippen LogP contribution in [0.1, 0.15) is 5.56 Å². The fourth-order valence-electron chi connectivity index (χ4n) is 2.18. The van der Waals surface area contributed by atoms with Gasteiger partial charge in [0.2, 0.25) is 0 Å². The second kappa shape index (κ2) is 4.98. The second-order valence-corrected chi connectivity index (χ2v) is 6.08. The van der Waals surface area contributed by atoms with Crippen molar-refractivity contribution in [2.45, 2.75) is 6.92 Å². The lowest BCUT2D eigenvalue weighted by Crippen LogP contribution is -1.97. The largest absolute Gasteiger partial charge is 0.330 e. The van der Waals surface area contributed by atoms with E-state index in [1.165, 1.54) is 6.07 Å². The van der Waals surface area contributed by atoms with Gasteiger partial charge in [-0.05, 0) is 58.8 Å². The van der Waals surface area contributed by atoms with Gasteiger partial charge in [0.05, 0.1) is 21.2 Å². The highest BCUT2D eigenvalue weighted by Gasteiger charge is 2.12. The SMILES string of the molecule is Cc1c(Cl)cccc1-n1c(=S)[nH]c2cc(Br)c(F)cc21. The molecular formula is C14H9BrClFN2S. The molecule has 0 fully saturated rings. The minimum absolute atomic E-state index is 0.333. The molecule has 0 amide bonds. The van der Waals surface area contributed by atoms with Crippen LogP contribution in [0, 0.1) is 17.5 Å². The number of aromatic amines is 1. The molecule has 0 aliphatic carbocycles. The molecule has 3 aromatic rings. The number of nitrogens with zero attached hydrogens (tertiary/aromatic N) is 1. The summed E-state index contributed by atoms with van der Waals surface area (Å²) < 4.78 is 16.5. The Hall–Kier alpha value is -1.17. The van der Waals surface area contributed by atoms with E-state index in [-0.39, 0.29) is 5.82 Å². The summed E-state index contributed by atoms with van der Waals surface area (Å²) in [6, 6.07) is 8.70. The Bertz CT molecular complexity index is 885. The van der Waals surface area contributed by atoms with E-state index in [1.807, 2.05) is 25.1 Å². The summed E-state index contributed by atoms with van der Waals surface area (Å²) in [6.45, 7) is 1.91. The fourth-order valence-corrected chi connectivity index (χ4v) is 3.00. The Labute approximate surface area is 133 Å². The number of nitrogens with one attached hydrogen (secondary N) is 1. The molecule has 0 aliphatic rings. The van der Waals surface area contributed by atoms with Gasteiger partial charge in [-0.2, -0.15) is 0 Å². The monoisotopic (exact) mass is 370 g/mol. The van der Waals surface area contributed by atoms with Crippen molar-refractivity contribution in [1.82, 2.24) is 9.55 Å². The molecule has 0 aliphatic heterocycles. The number of rotatable bonds is 1. The van der Waals surface area contributed by atoms with Crippen molar-refractivity contribution in [3.8, 4) is 5.69 Å². The van der Waals surface area contributed by atoms with Gasteiger partial charge in [-0.15, -0.1) is 0 Å². The first kappa shape index (κ1) is 13.8. The predicted molar refractivity (Wildman–Crippen MR) is 85.9 cm³/mol. The van der Waals surface area contributed by atoms with Gasteiger partial charge >= 0.3 is 0 Å². The standard InChI is InChI=1S/C14H9BrClFN2S/c1-7-9(16)3-2-4-12(7)19-13-6-10(17)8(15)5-11(13)18-14(19)20/h2-6H,1H3,(H,18,20). The molecule has 6 heteroatoms. The van der Waals surface area contributed by atoms with Gasteiger partial charge in [0, 0.05) is 11.1 Å². The molecule has 0 radical (unpaired) electrons. The van der Waals surface area contributed by atoms with Crippen molar-refractivity contribution in [3.63, 3.8) is 0 Å². The van der Waals surface area contributed by atoms with E-state index in [2.05, 4.69) is 20.9 Å². The average Bonchev–Trinajstić information content (AvgIpc) is 2.69. The van der Waals surface area contributed by atoms with Gasteiger partial charge in [0.15, 0.2) is 4.77 Å². The van der Waals surface area contributed by atoms with Crippen LogP contribution in [0.3, 0.4) is 0 Å². The van der Waals surface area contributed by atoms with Crippen molar-refractivity contribution in [2.75, 3.05) is 0 Å². The van der Waals surface area contributed by atoms with Crippen LogP contribution in [0.5, 0.6) is 0 Å². The number of benzene rings is 2. The molecule has 1 heterocycles. The third kappa shape index (κ3) is 2.10. The molecule has 2 aromatic carbocycles. The molecular weight excluding hydrogens is 363 g/mol. The Morgan fingerprint density at radius 1 is 1.35 bits per heavy atom. The van der Waals surface area contributed by atoms with Gasteiger partial charge in [-0.3, -0.25) is 4.57 Å². The van der Waals surface area contributed by atoms with Gasteiger partial charge in [-0.1, -0.05) is 17.7 Å². The number of fused-ring (bicyclic) bond motifs is 1. The van der Waals surface area contributed by atoms with Crippen LogP contribution in [0.15, 0.2) is 34.8 Å². The Morgan fingerprint density at radius 2 is 2.10 bits per heavy atom. The number of aromatic nitrogens is 2. The minimum atomic E-state index is -0.333. The van der Waals surface area contributed by atoms with Crippen molar-refractivity contribution in [3.05, 3.63) is 56.0 Å². The first-order chi connectivity index (χ1) is 9.49. The fraction of sp³-hybridized carbons (Fsp3) is 0.0714. The molecule has 1 aromatic heterocycles. The zero-order chi connectivity index (χ0) is 14.4. The number of hydrogen-bond acceptors (Lipinski definition) is 1. The number of hydrogen-bond donors (Lipinski definition) is 1. The molecule has 2 nitrogen and oxygen atoms in total. The van der Waals surface area contributed by atoms with Crippen molar-refractivity contribution in [2.24, 2.45) is 0 Å². The zero-order valence-electron chi connectivity index (χ0n) is 10.4. The molecule has 0 saturated heterocycles. The summed E-state index contributed by atoms with van der Waals surface area (Å²) >= 11 is 14.7. The molecule has 0 bridgehead atoms. The van der Waals surface area contributed by atoms with E-state index in [0.717, 1.165) is 16.8 Å². The van der Waals surface area contributed by atoms with Gasteiger partial charge in [-0.25, -0.2) is 4.39 Å². The van der Waals surface area contributed by atoms with E-state index in [9.17, 15) is 4.39 Å². The van der Waals surface area contributed by atoms with Gasteiger partial charge in [0.1, 0.15) is 5.82 Å². The zero-order valence-corrected chi connectivity index (χ0v) is 13.5. The van der Waals surface area contributed by atoms with Crippen LogP contribution < -0.4 is 0 Å². The minimum Gasteiger partial charge on any atom is -0.330 e. The summed E-state index contributed by atoms with van der Waals surface area (Å²) in [6.07, 6.45) is 0. The van der Waals surface area contributed by atoms with E-state index in [1.54, 1.807) is 10.6 Å². The van der Waals surface area contributed by atoms with Crippen LogP contribution in [0.25, 0.3) is 16.7 Å². The molecule has 0 spiro atoms. The molecule has 0 saturated carbocycles. The molecule has 20 heavy (non-hydrogen) atoms. The van der Waals surface area contributed by atoms with Crippen LogP contribution in [-0.4, -0.2) is 9.55 Å². The van der Waals surface area contributed by atoms with Crippen LogP contribution in [0.2, 0.25) is 5.02 Å². The summed E-state index contributed by atoms with van der Waals surface area (Å²) in [5.74, 6) is -0.333. The molecule has 1 N–H and O–H groups in total. The van der Waals surface area contributed by atoms with Crippen LogP contribution >= 0.6 is 39.7 Å². The quantitative estimate of drug-likeness (QED) is 0.556. The first-order valence-corrected chi connectivity index (χ1v) is 7.42. The third-order valence-corrected chi connectivity index (χ3v) is 4.51. The highest BCUT2D eigenvalue weighted by Crippen LogP contribution is 2.28.